The number of carbonyl (C=O) groups excluding carboxylic acids is 1. The number of hydrogen-bond acceptors (Lipinski definition) is 2. The monoisotopic (exact) mass is 162 g/mol. The van der Waals surface area contributed by atoms with Crippen LogP contribution in [0.25, 0.3) is 0 Å². The zero-order valence-electron chi connectivity index (χ0n) is 6.20. The van der Waals surface area contributed by atoms with Crippen molar-refractivity contribution >= 4 is 11.8 Å². The van der Waals surface area contributed by atoms with Crippen molar-refractivity contribution < 1.29 is 14.7 Å². The molecule has 1 aliphatic carbocycles. The van der Waals surface area contributed by atoms with Crippen molar-refractivity contribution in [2.45, 2.75) is 6.42 Å². The topological polar surface area (TPSA) is 54.4 Å². The second-order valence-corrected chi connectivity index (χ2v) is 2.18. The first-order valence-corrected chi connectivity index (χ1v) is 3.36. The summed E-state index contributed by atoms with van der Waals surface area (Å²) in [5.41, 5.74) is 0.476. The lowest BCUT2D eigenvalue weighted by atomic mass is 10.2. The smallest absolute Gasteiger partial charge is 0.382 e. The van der Waals surface area contributed by atoms with E-state index in [1.165, 1.54) is 0 Å². The van der Waals surface area contributed by atoms with Crippen molar-refractivity contribution in [3.05, 3.63) is 23.8 Å². The average Bonchev–Trinajstić information content (AvgIpc) is 2.51. The van der Waals surface area contributed by atoms with Gasteiger partial charge in [0.25, 0.3) is 0 Å². The van der Waals surface area contributed by atoms with Crippen LogP contribution in [0.4, 0.5) is 0 Å². The number of Topliss-reactive ketones (excluding diaryl/α,β-unsaturated/α-hetero) is 1. The van der Waals surface area contributed by atoms with E-state index in [9.17, 15) is 9.59 Å². The molecule has 3 nitrogen and oxygen atoms in total. The lowest BCUT2D eigenvalue weighted by Gasteiger charge is -1.85. The van der Waals surface area contributed by atoms with Gasteiger partial charge in [0.05, 0.1) is 0 Å². The molecule has 0 amide bonds. The van der Waals surface area contributed by atoms with Crippen LogP contribution in [0.5, 0.6) is 0 Å². The minimum Gasteiger partial charge on any atom is -0.472 e. The number of rotatable bonds is 1. The van der Waals surface area contributed by atoms with E-state index in [2.05, 4.69) is 0 Å². The fourth-order valence-electron chi connectivity index (χ4n) is 0.809. The molecule has 0 heterocycles. The number of carboxylic acids is 1. The summed E-state index contributed by atoms with van der Waals surface area (Å²) in [6.07, 6.45) is 5.88. The van der Waals surface area contributed by atoms with Gasteiger partial charge in [0.2, 0.25) is 5.78 Å². The molecule has 0 unspecified atom stereocenters. The van der Waals surface area contributed by atoms with E-state index in [-0.39, 0.29) is 0 Å². The summed E-state index contributed by atoms with van der Waals surface area (Å²) >= 11 is 0. The molecular weight excluding hydrogens is 156 g/mol. The van der Waals surface area contributed by atoms with Crippen molar-refractivity contribution in [1.29, 1.82) is 0 Å². The zero-order chi connectivity index (χ0) is 8.97. The Balaban J connectivity index is 2.68. The molecule has 1 rings (SSSR count). The molecule has 0 spiro atoms. The lowest BCUT2D eigenvalue weighted by Crippen LogP contribution is -1.96. The van der Waals surface area contributed by atoms with Gasteiger partial charge < -0.3 is 5.11 Å². The second kappa shape index (κ2) is 3.54. The summed E-state index contributed by atoms with van der Waals surface area (Å²) in [5.74, 6) is 2.06. The largest absolute Gasteiger partial charge is 0.472 e. The van der Waals surface area contributed by atoms with Gasteiger partial charge in [-0.2, -0.15) is 0 Å². The van der Waals surface area contributed by atoms with Crippen LogP contribution >= 0.6 is 0 Å². The van der Waals surface area contributed by atoms with Crippen LogP contribution in [0.1, 0.15) is 6.42 Å². The van der Waals surface area contributed by atoms with E-state index < -0.39 is 11.8 Å². The molecular formula is C9H6O3. The molecule has 0 aromatic rings. The van der Waals surface area contributed by atoms with Crippen LogP contribution in [0.2, 0.25) is 0 Å². The van der Waals surface area contributed by atoms with Gasteiger partial charge >= 0.3 is 5.97 Å². The zero-order valence-corrected chi connectivity index (χ0v) is 6.20. The quantitative estimate of drug-likeness (QED) is 0.452. The number of allylic oxidation sites excluding steroid dienone is 4. The molecule has 0 radical (unpaired) electrons. The molecule has 1 N–H and O–H groups in total. The first-order chi connectivity index (χ1) is 5.70. The maximum Gasteiger partial charge on any atom is 0.382 e. The van der Waals surface area contributed by atoms with Crippen LogP contribution in [-0.2, 0) is 9.59 Å². The Kier molecular flexibility index (Phi) is 2.44. The van der Waals surface area contributed by atoms with Crippen molar-refractivity contribution in [1.82, 2.24) is 0 Å². The summed E-state index contributed by atoms with van der Waals surface area (Å²) in [5, 5.41) is 8.14. The summed E-state index contributed by atoms with van der Waals surface area (Å²) < 4.78 is 0. The fraction of sp³-hybridized carbons (Fsp3) is 0.111. The first kappa shape index (κ1) is 8.28. The molecule has 0 saturated carbocycles. The van der Waals surface area contributed by atoms with E-state index in [0.717, 1.165) is 6.42 Å². The maximum absolute atomic E-state index is 11.0. The highest BCUT2D eigenvalue weighted by Crippen LogP contribution is 2.08. The van der Waals surface area contributed by atoms with E-state index >= 15 is 0 Å². The Bertz CT molecular complexity index is 337. The SMILES string of the molecule is O=C(O)C#CC(=O)C1=CCC=C1. The van der Waals surface area contributed by atoms with Crippen LogP contribution in [0, 0.1) is 11.8 Å². The highest BCUT2D eigenvalue weighted by molar-refractivity contribution is 6.13. The molecule has 0 bridgehead atoms. The summed E-state index contributed by atoms with van der Waals surface area (Å²) in [6.45, 7) is 0. The van der Waals surface area contributed by atoms with Gasteiger partial charge in [0.15, 0.2) is 0 Å². The molecule has 0 aromatic heterocycles. The molecule has 0 aromatic carbocycles. The van der Waals surface area contributed by atoms with Crippen molar-refractivity contribution in [2.24, 2.45) is 0 Å². The molecule has 0 fully saturated rings. The van der Waals surface area contributed by atoms with Crippen LogP contribution in [-0.4, -0.2) is 16.9 Å². The number of carbonyl (C=O) groups is 2. The number of carboxylic acid groups (broad SMARTS) is 1. The van der Waals surface area contributed by atoms with Gasteiger partial charge in [-0.3, -0.25) is 4.79 Å². The first-order valence-electron chi connectivity index (χ1n) is 3.36. The molecule has 0 saturated heterocycles. The average molecular weight is 162 g/mol. The molecule has 12 heavy (non-hydrogen) atoms. The van der Waals surface area contributed by atoms with Gasteiger partial charge in [-0.05, 0) is 12.3 Å². The highest BCUT2D eigenvalue weighted by Gasteiger charge is 2.05. The third kappa shape index (κ3) is 2.10. The Morgan fingerprint density at radius 2 is 2.17 bits per heavy atom. The third-order valence-electron chi connectivity index (χ3n) is 1.32. The highest BCUT2D eigenvalue weighted by atomic mass is 16.4. The summed E-state index contributed by atoms with van der Waals surface area (Å²) in [6, 6.07) is 0. The molecule has 0 aliphatic heterocycles. The van der Waals surface area contributed by atoms with E-state index in [1.807, 2.05) is 12.0 Å². The Labute approximate surface area is 69.4 Å². The standard InChI is InChI=1S/C9H6O3/c10-8(5-6-9(11)12)7-3-1-2-4-7/h1,3-4H,2H2,(H,11,12). The minimum absolute atomic E-state index is 0.439. The predicted octanol–water partition coefficient (Wildman–Crippen LogP) is 0.530. The van der Waals surface area contributed by atoms with Crippen molar-refractivity contribution in [3.8, 4) is 11.8 Å². The molecule has 3 heteroatoms. The van der Waals surface area contributed by atoms with Gasteiger partial charge in [-0.1, -0.05) is 18.2 Å². The number of hydrogen-bond donors (Lipinski definition) is 1. The van der Waals surface area contributed by atoms with Gasteiger partial charge in [-0.25, -0.2) is 4.79 Å². The predicted molar refractivity (Wildman–Crippen MR) is 42.3 cm³/mol. The van der Waals surface area contributed by atoms with Gasteiger partial charge in [0.1, 0.15) is 0 Å². The Morgan fingerprint density at radius 3 is 2.67 bits per heavy atom. The minimum atomic E-state index is -1.29. The molecule has 0 atom stereocenters. The summed E-state index contributed by atoms with van der Waals surface area (Å²) in [4.78, 5) is 20.9. The molecule has 60 valence electrons. The van der Waals surface area contributed by atoms with Crippen LogP contribution in [0.3, 0.4) is 0 Å². The summed E-state index contributed by atoms with van der Waals surface area (Å²) in [7, 11) is 0. The van der Waals surface area contributed by atoms with Crippen molar-refractivity contribution in [2.75, 3.05) is 0 Å². The van der Waals surface area contributed by atoms with Crippen molar-refractivity contribution in [3.63, 3.8) is 0 Å². The van der Waals surface area contributed by atoms with Gasteiger partial charge in [-0.15, -0.1) is 0 Å². The number of aliphatic carboxylic acids is 1. The van der Waals surface area contributed by atoms with Crippen LogP contribution in [0.15, 0.2) is 23.8 Å². The van der Waals surface area contributed by atoms with E-state index in [1.54, 1.807) is 18.1 Å². The maximum atomic E-state index is 11.0. The Morgan fingerprint density at radius 1 is 1.42 bits per heavy atom. The van der Waals surface area contributed by atoms with E-state index in [4.69, 9.17) is 5.11 Å². The third-order valence-corrected chi connectivity index (χ3v) is 1.32. The number of ketones is 1. The fourth-order valence-corrected chi connectivity index (χ4v) is 0.809. The van der Waals surface area contributed by atoms with Gasteiger partial charge in [0, 0.05) is 11.5 Å². The van der Waals surface area contributed by atoms with E-state index in [0.29, 0.717) is 5.57 Å². The second-order valence-electron chi connectivity index (χ2n) is 2.18. The van der Waals surface area contributed by atoms with Crippen LogP contribution < -0.4 is 0 Å². The Hall–Kier alpha value is -1.82. The molecule has 1 aliphatic rings. The normalized spacial score (nSPS) is 13.2. The lowest BCUT2D eigenvalue weighted by molar-refractivity contribution is -0.130.